The molecule has 1 rings (SSSR count). The third-order valence-corrected chi connectivity index (χ3v) is 3.47. The number of aliphatic hydroxyl groups excluding tert-OH is 1. The third-order valence-electron chi connectivity index (χ3n) is 3.47. The Hall–Kier alpha value is -1.13. The predicted octanol–water partition coefficient (Wildman–Crippen LogP) is 3.10. The molecule has 0 saturated carbocycles. The summed E-state index contributed by atoms with van der Waals surface area (Å²) in [5.41, 5.74) is 2.04. The van der Waals surface area contributed by atoms with Gasteiger partial charge in [-0.05, 0) is 57.0 Å². The van der Waals surface area contributed by atoms with Crippen molar-refractivity contribution < 1.29 is 9.50 Å². The lowest BCUT2D eigenvalue weighted by Crippen LogP contribution is -2.28. The molecule has 1 aromatic rings. The van der Waals surface area contributed by atoms with Gasteiger partial charge >= 0.3 is 0 Å². The summed E-state index contributed by atoms with van der Waals surface area (Å²) < 4.78 is 13.6. The Bertz CT molecular complexity index is 398. The van der Waals surface area contributed by atoms with Crippen molar-refractivity contribution in [3.8, 4) is 0 Å². The largest absolute Gasteiger partial charge is 0.396 e. The maximum atomic E-state index is 13.6. The van der Waals surface area contributed by atoms with Crippen LogP contribution in [-0.4, -0.2) is 31.3 Å². The van der Waals surface area contributed by atoms with Crippen LogP contribution in [0.2, 0.25) is 0 Å². The summed E-state index contributed by atoms with van der Waals surface area (Å²) in [6.07, 6.45) is 1.78. The molecule has 0 fully saturated rings. The molecule has 0 aliphatic heterocycles. The van der Waals surface area contributed by atoms with Crippen molar-refractivity contribution in [2.75, 3.05) is 31.1 Å². The fourth-order valence-electron chi connectivity index (χ4n) is 2.34. The standard InChI is InChI=1S/C16H27FN2O/c1-4-9-18-13(3)15-12-14(17)7-8-16(15)19(5-2)10-6-11-20/h7-8,12-13,18,20H,4-6,9-11H2,1-3H3. The number of aliphatic hydroxyl groups is 1. The van der Waals surface area contributed by atoms with Crippen molar-refractivity contribution >= 4 is 5.69 Å². The molecule has 0 aliphatic rings. The minimum atomic E-state index is -0.202. The van der Waals surface area contributed by atoms with Crippen LogP contribution >= 0.6 is 0 Å². The molecule has 1 aromatic carbocycles. The molecule has 1 atom stereocenters. The summed E-state index contributed by atoms with van der Waals surface area (Å²) in [6.45, 7) is 8.98. The van der Waals surface area contributed by atoms with Crippen molar-refractivity contribution in [1.29, 1.82) is 0 Å². The minimum absolute atomic E-state index is 0.115. The van der Waals surface area contributed by atoms with Gasteiger partial charge in [0.05, 0.1) is 0 Å². The number of halogens is 1. The molecule has 4 heteroatoms. The molecule has 0 heterocycles. The van der Waals surface area contributed by atoms with Crippen LogP contribution in [0.4, 0.5) is 10.1 Å². The highest BCUT2D eigenvalue weighted by molar-refractivity contribution is 5.55. The van der Waals surface area contributed by atoms with Crippen LogP contribution < -0.4 is 10.2 Å². The van der Waals surface area contributed by atoms with E-state index in [-0.39, 0.29) is 18.5 Å². The Labute approximate surface area is 121 Å². The zero-order valence-corrected chi connectivity index (χ0v) is 12.8. The summed E-state index contributed by atoms with van der Waals surface area (Å²) in [5.74, 6) is -0.202. The Kier molecular flexibility index (Phi) is 7.55. The molecule has 0 bridgehead atoms. The average Bonchev–Trinajstić information content (AvgIpc) is 2.46. The number of nitrogens with zero attached hydrogens (tertiary/aromatic N) is 1. The lowest BCUT2D eigenvalue weighted by molar-refractivity contribution is 0.289. The first kappa shape index (κ1) is 16.9. The van der Waals surface area contributed by atoms with E-state index in [0.29, 0.717) is 0 Å². The zero-order chi connectivity index (χ0) is 15.0. The van der Waals surface area contributed by atoms with Crippen LogP contribution in [0.15, 0.2) is 18.2 Å². The fourth-order valence-corrected chi connectivity index (χ4v) is 2.34. The van der Waals surface area contributed by atoms with Gasteiger partial charge in [-0.25, -0.2) is 4.39 Å². The highest BCUT2D eigenvalue weighted by Gasteiger charge is 2.15. The number of anilines is 1. The summed E-state index contributed by atoms with van der Waals surface area (Å²) in [5, 5.41) is 12.4. The van der Waals surface area contributed by atoms with E-state index in [9.17, 15) is 4.39 Å². The second-order valence-corrected chi connectivity index (χ2v) is 5.04. The first-order valence-corrected chi connectivity index (χ1v) is 7.52. The molecule has 0 aliphatic carbocycles. The normalized spacial score (nSPS) is 12.4. The van der Waals surface area contributed by atoms with Gasteiger partial charge in [0.2, 0.25) is 0 Å². The second kappa shape index (κ2) is 8.93. The molecule has 1 unspecified atom stereocenters. The van der Waals surface area contributed by atoms with Gasteiger partial charge in [0.25, 0.3) is 0 Å². The monoisotopic (exact) mass is 282 g/mol. The Morgan fingerprint density at radius 1 is 1.35 bits per heavy atom. The first-order chi connectivity index (χ1) is 9.63. The van der Waals surface area contributed by atoms with Gasteiger partial charge in [-0.15, -0.1) is 0 Å². The average molecular weight is 282 g/mol. The summed E-state index contributed by atoms with van der Waals surface area (Å²) >= 11 is 0. The molecule has 0 amide bonds. The fraction of sp³-hybridized carbons (Fsp3) is 0.625. The third kappa shape index (κ3) is 4.76. The van der Waals surface area contributed by atoms with Gasteiger partial charge < -0.3 is 15.3 Å². The van der Waals surface area contributed by atoms with E-state index in [1.54, 1.807) is 6.07 Å². The summed E-state index contributed by atoms with van der Waals surface area (Å²) in [4.78, 5) is 2.19. The van der Waals surface area contributed by atoms with E-state index in [1.165, 1.54) is 6.07 Å². The lowest BCUT2D eigenvalue weighted by Gasteiger charge is -2.28. The number of hydrogen-bond donors (Lipinski definition) is 2. The number of nitrogens with one attached hydrogen (secondary N) is 1. The van der Waals surface area contributed by atoms with Crippen LogP contribution in [0, 0.1) is 5.82 Å². The lowest BCUT2D eigenvalue weighted by atomic mass is 10.0. The Morgan fingerprint density at radius 2 is 2.10 bits per heavy atom. The number of rotatable bonds is 9. The van der Waals surface area contributed by atoms with Gasteiger partial charge in [0.15, 0.2) is 0 Å². The van der Waals surface area contributed by atoms with Gasteiger partial charge in [-0.3, -0.25) is 0 Å². The van der Waals surface area contributed by atoms with E-state index in [2.05, 4.69) is 31.0 Å². The number of benzene rings is 1. The molecule has 0 radical (unpaired) electrons. The molecule has 3 nitrogen and oxygen atoms in total. The molecule has 2 N–H and O–H groups in total. The summed E-state index contributed by atoms with van der Waals surface area (Å²) in [6, 6.07) is 5.08. The van der Waals surface area contributed by atoms with E-state index in [4.69, 9.17) is 5.11 Å². The van der Waals surface area contributed by atoms with E-state index < -0.39 is 0 Å². The van der Waals surface area contributed by atoms with Crippen LogP contribution in [0.25, 0.3) is 0 Å². The van der Waals surface area contributed by atoms with Crippen LogP contribution in [-0.2, 0) is 0 Å². The van der Waals surface area contributed by atoms with Gasteiger partial charge in [-0.1, -0.05) is 6.92 Å². The zero-order valence-electron chi connectivity index (χ0n) is 12.8. The Balaban J connectivity index is 2.98. The second-order valence-electron chi connectivity index (χ2n) is 5.04. The molecular weight excluding hydrogens is 255 g/mol. The molecule has 20 heavy (non-hydrogen) atoms. The summed E-state index contributed by atoms with van der Waals surface area (Å²) in [7, 11) is 0. The van der Waals surface area contributed by atoms with Gasteiger partial charge in [0.1, 0.15) is 5.82 Å². The SMILES string of the molecule is CCCNC(C)c1cc(F)ccc1N(CC)CCCO. The van der Waals surface area contributed by atoms with E-state index in [0.717, 1.165) is 43.7 Å². The molecule has 0 spiro atoms. The van der Waals surface area contributed by atoms with Crippen molar-refractivity contribution in [3.05, 3.63) is 29.6 Å². The predicted molar refractivity (Wildman–Crippen MR) is 82.7 cm³/mol. The van der Waals surface area contributed by atoms with Crippen molar-refractivity contribution in [2.45, 2.75) is 39.7 Å². The smallest absolute Gasteiger partial charge is 0.123 e. The van der Waals surface area contributed by atoms with Gasteiger partial charge in [-0.2, -0.15) is 0 Å². The van der Waals surface area contributed by atoms with Gasteiger partial charge in [0, 0.05) is 31.4 Å². The van der Waals surface area contributed by atoms with E-state index in [1.807, 2.05) is 6.07 Å². The molecule has 114 valence electrons. The minimum Gasteiger partial charge on any atom is -0.396 e. The molecule has 0 saturated heterocycles. The highest BCUT2D eigenvalue weighted by atomic mass is 19.1. The topological polar surface area (TPSA) is 35.5 Å². The Morgan fingerprint density at radius 3 is 2.70 bits per heavy atom. The maximum Gasteiger partial charge on any atom is 0.123 e. The highest BCUT2D eigenvalue weighted by Crippen LogP contribution is 2.27. The molecular formula is C16H27FN2O. The molecule has 0 aromatic heterocycles. The number of hydrogen-bond acceptors (Lipinski definition) is 3. The van der Waals surface area contributed by atoms with Crippen LogP contribution in [0.3, 0.4) is 0 Å². The first-order valence-electron chi connectivity index (χ1n) is 7.52. The quantitative estimate of drug-likeness (QED) is 0.730. The van der Waals surface area contributed by atoms with Crippen molar-refractivity contribution in [1.82, 2.24) is 5.32 Å². The maximum absolute atomic E-state index is 13.6. The van der Waals surface area contributed by atoms with Crippen LogP contribution in [0.5, 0.6) is 0 Å². The van der Waals surface area contributed by atoms with Crippen LogP contribution in [0.1, 0.15) is 45.2 Å². The van der Waals surface area contributed by atoms with Crippen molar-refractivity contribution in [2.24, 2.45) is 0 Å². The van der Waals surface area contributed by atoms with Crippen molar-refractivity contribution in [3.63, 3.8) is 0 Å². The van der Waals surface area contributed by atoms with E-state index >= 15 is 0 Å².